The van der Waals surface area contributed by atoms with Crippen LogP contribution in [0.15, 0.2) is 26.8 Å². The quantitative estimate of drug-likeness (QED) is 0.574. The van der Waals surface area contributed by atoms with E-state index in [0.717, 1.165) is 6.21 Å². The van der Waals surface area contributed by atoms with Crippen molar-refractivity contribution in [3.05, 3.63) is 11.8 Å². The summed E-state index contributed by atoms with van der Waals surface area (Å²) in [6.45, 7) is 0. The van der Waals surface area contributed by atoms with E-state index < -0.39 is 17.9 Å². The molecular formula is C7H2F3N3O. The van der Waals surface area contributed by atoms with E-state index in [1.165, 1.54) is 6.08 Å². The molecule has 0 aliphatic carbocycles. The number of nitrogens with zero attached hydrogens (tertiary/aromatic N) is 3. The highest BCUT2D eigenvalue weighted by molar-refractivity contribution is 6.51. The van der Waals surface area contributed by atoms with Crippen LogP contribution in [-0.2, 0) is 4.79 Å². The Morgan fingerprint density at radius 3 is 2.50 bits per heavy atom. The smallest absolute Gasteiger partial charge is 0.265 e. The molecule has 0 atom stereocenters. The number of rotatable bonds is 0. The van der Waals surface area contributed by atoms with E-state index in [9.17, 15) is 18.0 Å². The third-order valence-corrected chi connectivity index (χ3v) is 1.57. The molecule has 2 aliphatic heterocycles. The fourth-order valence-electron chi connectivity index (χ4n) is 0.992. The number of amidine groups is 1. The van der Waals surface area contributed by atoms with Crippen molar-refractivity contribution < 1.29 is 18.0 Å². The zero-order valence-corrected chi connectivity index (χ0v) is 6.54. The predicted octanol–water partition coefficient (Wildman–Crippen LogP) is 0.897. The molecule has 0 spiro atoms. The number of aliphatic imine (C=N–C) groups is 3. The lowest BCUT2D eigenvalue weighted by Crippen LogP contribution is -2.20. The molecule has 0 saturated heterocycles. The van der Waals surface area contributed by atoms with E-state index in [1.807, 2.05) is 0 Å². The van der Waals surface area contributed by atoms with Crippen LogP contribution in [0.3, 0.4) is 0 Å². The number of carbonyl (C=O) groups excluding carboxylic acids is 1. The Morgan fingerprint density at radius 1 is 1.21 bits per heavy atom. The summed E-state index contributed by atoms with van der Waals surface area (Å²) in [5, 5.41) is 0. The summed E-state index contributed by atoms with van der Waals surface area (Å²) in [5.41, 5.74) is -0.433. The molecule has 72 valence electrons. The maximum Gasteiger partial charge on any atom is 0.451 e. The van der Waals surface area contributed by atoms with E-state index in [4.69, 9.17) is 0 Å². The van der Waals surface area contributed by atoms with E-state index in [-0.39, 0.29) is 11.4 Å². The topological polar surface area (TPSA) is 54.1 Å². The number of amides is 1. The lowest BCUT2D eigenvalue weighted by Gasteiger charge is -1.99. The summed E-state index contributed by atoms with van der Waals surface area (Å²) in [6.07, 6.45) is -2.33. The number of fused-ring (bicyclic) bond motifs is 1. The van der Waals surface area contributed by atoms with Gasteiger partial charge in [-0.15, -0.1) is 0 Å². The van der Waals surface area contributed by atoms with E-state index in [2.05, 4.69) is 15.0 Å². The number of dihydropyridines is 1. The van der Waals surface area contributed by atoms with Crippen molar-refractivity contribution in [3.63, 3.8) is 0 Å². The van der Waals surface area contributed by atoms with Gasteiger partial charge in [-0.2, -0.15) is 13.2 Å². The van der Waals surface area contributed by atoms with Crippen molar-refractivity contribution in [2.75, 3.05) is 0 Å². The average molecular weight is 201 g/mol. The fraction of sp³-hybridized carbons (Fsp3) is 0.143. The van der Waals surface area contributed by atoms with Gasteiger partial charge >= 0.3 is 6.18 Å². The minimum absolute atomic E-state index is 0.0858. The van der Waals surface area contributed by atoms with Gasteiger partial charge in [0.2, 0.25) is 5.84 Å². The van der Waals surface area contributed by atoms with Crippen molar-refractivity contribution in [2.45, 2.75) is 6.18 Å². The number of hydrogen-bond acceptors (Lipinski definition) is 3. The number of allylic oxidation sites excluding steroid dienone is 1. The first-order chi connectivity index (χ1) is 6.48. The molecule has 0 saturated carbocycles. The van der Waals surface area contributed by atoms with Gasteiger partial charge in [-0.1, -0.05) is 0 Å². The van der Waals surface area contributed by atoms with Crippen LogP contribution in [0, 0.1) is 0 Å². The monoisotopic (exact) mass is 201 g/mol. The van der Waals surface area contributed by atoms with Gasteiger partial charge in [0, 0.05) is 6.21 Å². The molecule has 0 unspecified atom stereocenters. The van der Waals surface area contributed by atoms with Crippen LogP contribution < -0.4 is 0 Å². The standard InChI is InChI=1S/C7H2F3N3O/c8-7(9,10)6-12-3-1-2-11-5(14)4(3)13-6/h1-2H. The minimum Gasteiger partial charge on any atom is -0.265 e. The van der Waals surface area contributed by atoms with Crippen LogP contribution >= 0.6 is 0 Å². The predicted molar refractivity (Wildman–Crippen MR) is 42.5 cm³/mol. The molecule has 2 aliphatic rings. The zero-order valence-electron chi connectivity index (χ0n) is 6.54. The van der Waals surface area contributed by atoms with Crippen LogP contribution in [0.25, 0.3) is 0 Å². The first kappa shape index (κ1) is 8.79. The largest absolute Gasteiger partial charge is 0.451 e. The second kappa shape index (κ2) is 2.60. The maximum absolute atomic E-state index is 12.1. The van der Waals surface area contributed by atoms with E-state index in [1.54, 1.807) is 0 Å². The van der Waals surface area contributed by atoms with Crippen LogP contribution in [0.4, 0.5) is 13.2 Å². The van der Waals surface area contributed by atoms with Crippen LogP contribution in [0.2, 0.25) is 0 Å². The van der Waals surface area contributed by atoms with E-state index in [0.29, 0.717) is 0 Å². The maximum atomic E-state index is 12.1. The first-order valence-electron chi connectivity index (χ1n) is 3.52. The molecule has 14 heavy (non-hydrogen) atoms. The molecule has 0 radical (unpaired) electrons. The van der Waals surface area contributed by atoms with Gasteiger partial charge in [0.25, 0.3) is 5.91 Å². The number of hydrogen-bond donors (Lipinski definition) is 0. The lowest BCUT2D eigenvalue weighted by atomic mass is 10.2. The number of alkyl halides is 3. The summed E-state index contributed by atoms with van der Waals surface area (Å²) < 4.78 is 36.3. The zero-order chi connectivity index (χ0) is 10.3. The average Bonchev–Trinajstić information content (AvgIpc) is 2.48. The van der Waals surface area contributed by atoms with Crippen LogP contribution in [0.5, 0.6) is 0 Å². The van der Waals surface area contributed by atoms with Crippen molar-refractivity contribution in [1.29, 1.82) is 0 Å². The van der Waals surface area contributed by atoms with Gasteiger partial charge in [-0.05, 0) is 6.08 Å². The van der Waals surface area contributed by atoms with Crippen molar-refractivity contribution in [2.24, 2.45) is 15.0 Å². The second-order valence-corrected chi connectivity index (χ2v) is 2.53. The number of carbonyl (C=O) groups is 1. The third kappa shape index (κ3) is 1.26. The molecule has 7 heteroatoms. The Bertz CT molecular complexity index is 428. The van der Waals surface area contributed by atoms with Gasteiger partial charge in [-0.3, -0.25) is 4.79 Å². The van der Waals surface area contributed by atoms with Gasteiger partial charge < -0.3 is 0 Å². The highest BCUT2D eigenvalue weighted by atomic mass is 19.4. The van der Waals surface area contributed by atoms with Gasteiger partial charge in [0.1, 0.15) is 0 Å². The molecule has 0 N–H and O–H groups in total. The van der Waals surface area contributed by atoms with E-state index >= 15 is 0 Å². The first-order valence-corrected chi connectivity index (χ1v) is 3.52. The lowest BCUT2D eigenvalue weighted by molar-refractivity contribution is -0.111. The Hall–Kier alpha value is -1.79. The molecule has 0 bridgehead atoms. The summed E-state index contributed by atoms with van der Waals surface area (Å²) >= 11 is 0. The fourth-order valence-corrected chi connectivity index (χ4v) is 0.992. The Kier molecular flexibility index (Phi) is 1.63. The highest BCUT2D eigenvalue weighted by Gasteiger charge is 2.41. The SMILES string of the molecule is O=C1N=CC=C2N=C(C(F)(F)F)N=C12. The third-order valence-electron chi connectivity index (χ3n) is 1.57. The van der Waals surface area contributed by atoms with Crippen molar-refractivity contribution >= 4 is 23.7 Å². The van der Waals surface area contributed by atoms with Gasteiger partial charge in [-0.25, -0.2) is 15.0 Å². The summed E-state index contributed by atoms with van der Waals surface area (Å²) in [4.78, 5) is 20.5. The second-order valence-electron chi connectivity index (χ2n) is 2.53. The molecule has 0 aromatic rings. The van der Waals surface area contributed by atoms with Crippen molar-refractivity contribution in [3.8, 4) is 0 Å². The minimum atomic E-state index is -4.63. The Labute approximate surface area is 75.6 Å². The van der Waals surface area contributed by atoms with Gasteiger partial charge in [0.15, 0.2) is 5.71 Å². The van der Waals surface area contributed by atoms with Gasteiger partial charge in [0.05, 0.1) is 5.70 Å². The number of halogens is 3. The molecule has 0 aromatic carbocycles. The van der Waals surface area contributed by atoms with Crippen LogP contribution in [0.1, 0.15) is 0 Å². The molecule has 4 nitrogen and oxygen atoms in total. The molecule has 0 aromatic heterocycles. The Balaban J connectivity index is 2.44. The van der Waals surface area contributed by atoms with Crippen molar-refractivity contribution in [1.82, 2.24) is 0 Å². The normalized spacial score (nSPS) is 20.2. The molecule has 0 fully saturated rings. The van der Waals surface area contributed by atoms with Crippen LogP contribution in [-0.4, -0.2) is 29.8 Å². The summed E-state index contributed by atoms with van der Waals surface area (Å²) in [7, 11) is 0. The molecule has 1 amide bonds. The Morgan fingerprint density at radius 2 is 1.93 bits per heavy atom. The molecule has 2 rings (SSSR count). The summed E-state index contributed by atoms with van der Waals surface area (Å²) in [6, 6.07) is 0. The summed E-state index contributed by atoms with van der Waals surface area (Å²) in [5.74, 6) is -2.11. The highest BCUT2D eigenvalue weighted by Crippen LogP contribution is 2.25. The molecular weight excluding hydrogens is 199 g/mol. The molecule has 2 heterocycles.